The minimum absolute atomic E-state index is 0.0000976. The minimum atomic E-state index is -3.44. The van der Waals surface area contributed by atoms with E-state index in [0.29, 0.717) is 30.1 Å². The third-order valence-electron chi connectivity index (χ3n) is 7.64. The zero-order valence-corrected chi connectivity index (χ0v) is 23.4. The first-order valence-electron chi connectivity index (χ1n) is 12.5. The summed E-state index contributed by atoms with van der Waals surface area (Å²) in [4.78, 5) is 39.5. The van der Waals surface area contributed by atoms with Gasteiger partial charge in [-0.2, -0.15) is 0 Å². The first-order valence-corrected chi connectivity index (χ1v) is 14.1. The van der Waals surface area contributed by atoms with Gasteiger partial charge in [-0.05, 0) is 46.2 Å². The number of hydrogen-bond acceptors (Lipinski definition) is 10. The number of phenolic OH excluding ortho intramolecular Hbond substituents is 2. The highest BCUT2D eigenvalue weighted by atomic mass is 32.2. The number of nitrogens with one attached hydrogen (secondary N) is 1. The fraction of sp³-hybridized carbons (Fsp3) is 0.321. The van der Waals surface area contributed by atoms with E-state index in [1.807, 2.05) is 0 Å². The quantitative estimate of drug-likeness (QED) is 0.278. The molecule has 0 aromatic heterocycles. The third kappa shape index (κ3) is 3.77. The zero-order chi connectivity index (χ0) is 29.3. The predicted octanol–water partition coefficient (Wildman–Crippen LogP) is 3.23. The number of ketones is 3. The molecule has 2 aliphatic heterocycles. The molecule has 1 aliphatic carbocycles. The summed E-state index contributed by atoms with van der Waals surface area (Å²) < 4.78 is 37.3. The smallest absolute Gasteiger partial charge is 0.235 e. The van der Waals surface area contributed by atoms with Crippen molar-refractivity contribution in [3.05, 3.63) is 58.0 Å². The van der Waals surface area contributed by atoms with Gasteiger partial charge < -0.3 is 25.0 Å². The van der Waals surface area contributed by atoms with Gasteiger partial charge >= 0.3 is 0 Å². The Morgan fingerprint density at radius 2 is 1.88 bits per heavy atom. The van der Waals surface area contributed by atoms with E-state index in [-0.39, 0.29) is 45.2 Å². The van der Waals surface area contributed by atoms with Crippen molar-refractivity contribution in [3.8, 4) is 23.0 Å². The van der Waals surface area contributed by atoms with E-state index in [0.717, 1.165) is 6.08 Å². The molecule has 12 heteroatoms. The van der Waals surface area contributed by atoms with Gasteiger partial charge in [-0.15, -0.1) is 0 Å². The van der Waals surface area contributed by atoms with Crippen molar-refractivity contribution in [3.63, 3.8) is 0 Å². The molecule has 0 spiro atoms. The van der Waals surface area contributed by atoms with Crippen LogP contribution in [0, 0.1) is 6.92 Å². The highest BCUT2D eigenvalue weighted by Crippen LogP contribution is 2.57. The highest BCUT2D eigenvalue weighted by molar-refractivity contribution is 7.93. The number of phenols is 2. The third-order valence-corrected chi connectivity index (χ3v) is 9.49. The maximum Gasteiger partial charge on any atom is 0.235 e. The summed E-state index contributed by atoms with van der Waals surface area (Å²) in [5, 5.41) is 24.5. The standard InChI is InChI=1S/C28H28N2O9S/c1-13-24(33)22(15(3)31)26-23(25(13)34)28(4)20(39-26)12-18(32)21(27(28)35)14(2)29-16-7-8-17(19(11-16)38-5)30-9-6-10-40(30,36)37/h7-8,11-12,29,33-34H,6,9-10H2,1-5H3/b21-14+/t28-/m0/s1. The summed E-state index contributed by atoms with van der Waals surface area (Å²) in [7, 11) is -2.03. The maximum atomic E-state index is 14.0. The number of aromatic hydroxyl groups is 2. The Kier molecular flexibility index (Phi) is 6.21. The van der Waals surface area contributed by atoms with Crippen LogP contribution in [0.1, 0.15) is 48.7 Å². The number of allylic oxidation sites excluding steroid dienone is 4. The highest BCUT2D eigenvalue weighted by Gasteiger charge is 2.56. The number of carbonyl (C=O) groups excluding carboxylic acids is 3. The average molecular weight is 569 g/mol. The molecule has 40 heavy (non-hydrogen) atoms. The number of benzene rings is 2. The van der Waals surface area contributed by atoms with Crippen molar-refractivity contribution >= 4 is 38.7 Å². The normalized spacial score (nSPS) is 22.3. The molecule has 1 atom stereocenters. The number of methoxy groups -OCH3 is 1. The Morgan fingerprint density at radius 3 is 2.48 bits per heavy atom. The van der Waals surface area contributed by atoms with Gasteiger partial charge in [-0.25, -0.2) is 8.42 Å². The van der Waals surface area contributed by atoms with Crippen LogP contribution in [0.4, 0.5) is 11.4 Å². The first-order chi connectivity index (χ1) is 18.7. The second-order valence-electron chi connectivity index (χ2n) is 10.1. The van der Waals surface area contributed by atoms with E-state index in [2.05, 4.69) is 5.32 Å². The summed E-state index contributed by atoms with van der Waals surface area (Å²) in [5.41, 5.74) is -0.987. The fourth-order valence-corrected chi connectivity index (χ4v) is 7.09. The zero-order valence-electron chi connectivity index (χ0n) is 22.5. The molecule has 5 rings (SSSR count). The summed E-state index contributed by atoms with van der Waals surface area (Å²) in [6.45, 7) is 6.00. The molecule has 0 saturated carbocycles. The van der Waals surface area contributed by atoms with Crippen LogP contribution in [-0.4, -0.2) is 55.4 Å². The molecule has 2 heterocycles. The van der Waals surface area contributed by atoms with Crippen molar-refractivity contribution in [2.75, 3.05) is 29.0 Å². The Labute approximate surface area is 230 Å². The van der Waals surface area contributed by atoms with Crippen LogP contribution in [-0.2, 0) is 25.0 Å². The lowest BCUT2D eigenvalue weighted by molar-refractivity contribution is -0.123. The molecule has 1 fully saturated rings. The molecule has 3 aliphatic rings. The van der Waals surface area contributed by atoms with Crippen LogP contribution < -0.4 is 19.1 Å². The van der Waals surface area contributed by atoms with Crippen LogP contribution in [0.25, 0.3) is 0 Å². The van der Waals surface area contributed by atoms with Crippen LogP contribution in [0.5, 0.6) is 23.0 Å². The van der Waals surface area contributed by atoms with Crippen molar-refractivity contribution < 1.29 is 42.5 Å². The van der Waals surface area contributed by atoms with Crippen molar-refractivity contribution in [2.24, 2.45) is 0 Å². The van der Waals surface area contributed by atoms with E-state index < -0.39 is 44.3 Å². The predicted molar refractivity (Wildman–Crippen MR) is 146 cm³/mol. The number of fused-ring (bicyclic) bond motifs is 3. The largest absolute Gasteiger partial charge is 0.507 e. The van der Waals surface area contributed by atoms with Crippen LogP contribution in [0.15, 0.2) is 41.3 Å². The minimum Gasteiger partial charge on any atom is -0.507 e. The SMILES string of the molecule is COc1cc(N/C(C)=C2\C(=O)C=C3Oc4c(C(C)=O)c(O)c(C)c(O)c4[C@@]3(C)C2=O)ccc1N1CCCS1(=O)=O. The van der Waals surface area contributed by atoms with Gasteiger partial charge in [0.1, 0.15) is 39.7 Å². The summed E-state index contributed by atoms with van der Waals surface area (Å²) in [6, 6.07) is 4.77. The molecule has 2 aromatic carbocycles. The van der Waals surface area contributed by atoms with Gasteiger partial charge in [0.05, 0.1) is 29.7 Å². The lowest BCUT2D eigenvalue weighted by Crippen LogP contribution is -2.40. The summed E-state index contributed by atoms with van der Waals surface area (Å²) in [5.74, 6) is -2.60. The molecule has 11 nitrogen and oxygen atoms in total. The van der Waals surface area contributed by atoms with Crippen molar-refractivity contribution in [2.45, 2.75) is 39.5 Å². The van der Waals surface area contributed by atoms with Crippen LogP contribution in [0.3, 0.4) is 0 Å². The molecule has 1 saturated heterocycles. The summed E-state index contributed by atoms with van der Waals surface area (Å²) in [6.07, 6.45) is 1.64. The van der Waals surface area contributed by atoms with Gasteiger partial charge in [-0.1, -0.05) is 0 Å². The molecule has 2 aromatic rings. The van der Waals surface area contributed by atoms with Gasteiger partial charge in [-0.3, -0.25) is 18.7 Å². The number of sulfonamides is 1. The molecular weight excluding hydrogens is 540 g/mol. The Balaban J connectivity index is 1.57. The number of carbonyl (C=O) groups is 3. The Morgan fingerprint density at radius 1 is 1.18 bits per heavy atom. The first kappa shape index (κ1) is 27.3. The van der Waals surface area contributed by atoms with Crippen molar-refractivity contribution in [1.29, 1.82) is 0 Å². The number of rotatable bonds is 5. The number of hydrogen-bond donors (Lipinski definition) is 3. The second-order valence-corrected chi connectivity index (χ2v) is 12.2. The van der Waals surface area contributed by atoms with Gasteiger partial charge in [0, 0.05) is 35.6 Å². The Bertz CT molecular complexity index is 1700. The van der Waals surface area contributed by atoms with E-state index in [4.69, 9.17) is 9.47 Å². The van der Waals surface area contributed by atoms with E-state index in [1.165, 1.54) is 39.1 Å². The molecule has 0 bridgehead atoms. The van der Waals surface area contributed by atoms with Gasteiger partial charge in [0.25, 0.3) is 0 Å². The number of ether oxygens (including phenoxy) is 2. The molecular formula is C28H28N2O9S. The van der Waals surface area contributed by atoms with Crippen LogP contribution in [0.2, 0.25) is 0 Å². The summed E-state index contributed by atoms with van der Waals surface area (Å²) >= 11 is 0. The Hall–Kier alpha value is -4.32. The van der Waals surface area contributed by atoms with Crippen LogP contribution >= 0.6 is 0 Å². The van der Waals surface area contributed by atoms with Gasteiger partial charge in [0.2, 0.25) is 10.0 Å². The number of anilines is 2. The molecule has 0 radical (unpaired) electrons. The second kappa shape index (κ2) is 9.12. The molecule has 3 N–H and O–H groups in total. The lowest BCUT2D eigenvalue weighted by Gasteiger charge is -2.29. The van der Waals surface area contributed by atoms with Gasteiger partial charge in [0.15, 0.2) is 17.3 Å². The monoisotopic (exact) mass is 568 g/mol. The van der Waals surface area contributed by atoms with E-state index in [1.54, 1.807) is 18.2 Å². The van der Waals surface area contributed by atoms with E-state index in [9.17, 15) is 33.0 Å². The molecule has 210 valence electrons. The fourth-order valence-electron chi connectivity index (χ4n) is 5.51. The lowest BCUT2D eigenvalue weighted by atomic mass is 9.70. The van der Waals surface area contributed by atoms with E-state index >= 15 is 0 Å². The number of nitrogens with zero attached hydrogens (tertiary/aromatic N) is 1. The topological polar surface area (TPSA) is 160 Å². The average Bonchev–Trinajstić information content (AvgIpc) is 3.38. The molecule has 0 unspecified atom stereocenters. The molecule has 0 amide bonds. The van der Waals surface area contributed by atoms with Crippen molar-refractivity contribution in [1.82, 2.24) is 0 Å². The maximum absolute atomic E-state index is 14.0. The number of Topliss-reactive ketones (excluding diaryl/α,β-unsaturated/α-hetero) is 2.